The standard InChI is InChI=1S/C24H29ClN4OS/c1-15-14-24(2,3)28(4)20-13-18(25)17(12-16(15)20)22-21(19-8-5-6-9-26-19)27-23(31)29(22)10-7-11-30/h5-6,8-9,12-14,21-22,30H,7,10-11H2,1-4H3,(H,27,31)/t21-,22+/m0/s1. The third kappa shape index (κ3) is 3.93. The van der Waals surface area contributed by atoms with Crippen LogP contribution in [0.15, 0.2) is 42.6 Å². The molecule has 0 aliphatic carbocycles. The minimum atomic E-state index is -0.120. The Morgan fingerprint density at radius 3 is 2.74 bits per heavy atom. The molecule has 0 unspecified atom stereocenters. The zero-order valence-electron chi connectivity index (χ0n) is 18.4. The van der Waals surface area contributed by atoms with Crippen molar-refractivity contribution >= 4 is 40.2 Å². The second-order valence-corrected chi connectivity index (χ2v) is 9.62. The number of pyridine rings is 1. The Balaban J connectivity index is 1.84. The van der Waals surface area contributed by atoms with Gasteiger partial charge in [-0.1, -0.05) is 23.7 Å². The van der Waals surface area contributed by atoms with Gasteiger partial charge in [-0.25, -0.2) is 0 Å². The quantitative estimate of drug-likeness (QED) is 0.635. The lowest BCUT2D eigenvalue weighted by atomic mass is 9.86. The van der Waals surface area contributed by atoms with E-state index in [-0.39, 0.29) is 24.2 Å². The highest BCUT2D eigenvalue weighted by atomic mass is 35.5. The average molecular weight is 457 g/mol. The number of aromatic nitrogens is 1. The number of benzene rings is 1. The van der Waals surface area contributed by atoms with Crippen molar-refractivity contribution in [1.82, 2.24) is 15.2 Å². The number of aliphatic hydroxyl groups is 1. The SMILES string of the molecule is CC1=CC(C)(C)N(C)c2cc(Cl)c([C@@H]3[C@H](c4ccccn4)NC(=S)N3CCCO)cc21. The molecule has 4 rings (SSSR count). The van der Waals surface area contributed by atoms with E-state index in [9.17, 15) is 5.11 Å². The maximum atomic E-state index is 9.44. The van der Waals surface area contributed by atoms with E-state index in [2.05, 4.69) is 66.1 Å². The summed E-state index contributed by atoms with van der Waals surface area (Å²) in [4.78, 5) is 8.99. The summed E-state index contributed by atoms with van der Waals surface area (Å²) in [5.41, 5.74) is 5.40. The molecule has 2 N–H and O–H groups in total. The van der Waals surface area contributed by atoms with Crippen LogP contribution in [0.5, 0.6) is 0 Å². The molecule has 0 amide bonds. The summed E-state index contributed by atoms with van der Waals surface area (Å²) in [5.74, 6) is 0. The molecule has 1 saturated heterocycles. The molecule has 2 aliphatic rings. The number of nitrogens with zero attached hydrogens (tertiary/aromatic N) is 3. The van der Waals surface area contributed by atoms with Crippen molar-refractivity contribution < 1.29 is 5.11 Å². The predicted octanol–water partition coefficient (Wildman–Crippen LogP) is 4.72. The second kappa shape index (κ2) is 8.41. The number of hydrogen-bond donors (Lipinski definition) is 2. The molecule has 1 fully saturated rings. The number of fused-ring (bicyclic) bond motifs is 1. The van der Waals surface area contributed by atoms with E-state index in [4.69, 9.17) is 23.8 Å². The van der Waals surface area contributed by atoms with Crippen LogP contribution in [0.3, 0.4) is 0 Å². The first kappa shape index (κ1) is 22.1. The van der Waals surface area contributed by atoms with E-state index < -0.39 is 0 Å². The number of nitrogens with one attached hydrogen (secondary N) is 1. The van der Waals surface area contributed by atoms with Gasteiger partial charge in [0.1, 0.15) is 0 Å². The zero-order chi connectivity index (χ0) is 22.3. The summed E-state index contributed by atoms with van der Waals surface area (Å²) in [6.45, 7) is 7.32. The number of rotatable bonds is 5. The third-order valence-electron chi connectivity index (χ3n) is 6.41. The first-order chi connectivity index (χ1) is 14.7. The van der Waals surface area contributed by atoms with Crippen LogP contribution in [0.4, 0.5) is 5.69 Å². The lowest BCUT2D eigenvalue weighted by molar-refractivity contribution is 0.247. The summed E-state index contributed by atoms with van der Waals surface area (Å²) >= 11 is 12.6. The smallest absolute Gasteiger partial charge is 0.170 e. The Morgan fingerprint density at radius 1 is 1.29 bits per heavy atom. The number of aliphatic hydroxyl groups excluding tert-OH is 1. The summed E-state index contributed by atoms with van der Waals surface area (Å²) in [5, 5.41) is 14.3. The van der Waals surface area contributed by atoms with Crippen molar-refractivity contribution in [3.8, 4) is 0 Å². The van der Waals surface area contributed by atoms with Crippen molar-refractivity contribution in [3.05, 3.63) is 64.4 Å². The Kier molecular flexibility index (Phi) is 5.99. The highest BCUT2D eigenvalue weighted by Crippen LogP contribution is 2.46. The molecule has 3 heterocycles. The molecular weight excluding hydrogens is 428 g/mol. The highest BCUT2D eigenvalue weighted by molar-refractivity contribution is 7.80. The fraction of sp³-hybridized carbons (Fsp3) is 0.417. The molecule has 0 spiro atoms. The first-order valence-electron chi connectivity index (χ1n) is 10.6. The number of allylic oxidation sites excluding steroid dienone is 1. The lowest BCUT2D eigenvalue weighted by Crippen LogP contribution is -2.42. The second-order valence-electron chi connectivity index (χ2n) is 8.83. The Hall–Kier alpha value is -2.15. The maximum absolute atomic E-state index is 9.44. The Labute approximate surface area is 194 Å². The van der Waals surface area contributed by atoms with Crippen molar-refractivity contribution in [1.29, 1.82) is 0 Å². The Bertz CT molecular complexity index is 1020. The highest BCUT2D eigenvalue weighted by Gasteiger charge is 2.41. The fourth-order valence-corrected chi connectivity index (χ4v) is 5.24. The molecule has 5 nitrogen and oxygen atoms in total. The van der Waals surface area contributed by atoms with E-state index in [0.717, 1.165) is 16.9 Å². The van der Waals surface area contributed by atoms with Crippen LogP contribution in [0.2, 0.25) is 5.02 Å². The van der Waals surface area contributed by atoms with Crippen LogP contribution in [0, 0.1) is 0 Å². The van der Waals surface area contributed by atoms with Gasteiger partial charge in [-0.15, -0.1) is 0 Å². The number of hydrogen-bond acceptors (Lipinski definition) is 4. The Morgan fingerprint density at radius 2 is 2.06 bits per heavy atom. The van der Waals surface area contributed by atoms with Gasteiger partial charge >= 0.3 is 0 Å². The average Bonchev–Trinajstić information content (AvgIpc) is 3.06. The molecule has 0 radical (unpaired) electrons. The zero-order valence-corrected chi connectivity index (χ0v) is 20.0. The number of thiocarbonyl (C=S) groups is 1. The van der Waals surface area contributed by atoms with Crippen molar-refractivity contribution in [2.24, 2.45) is 0 Å². The van der Waals surface area contributed by atoms with Crippen LogP contribution in [-0.4, -0.2) is 45.8 Å². The summed E-state index contributed by atoms with van der Waals surface area (Å²) in [7, 11) is 2.11. The van der Waals surface area contributed by atoms with Gasteiger partial charge < -0.3 is 20.2 Å². The van der Waals surface area contributed by atoms with Crippen LogP contribution in [0.1, 0.15) is 56.1 Å². The number of anilines is 1. The maximum Gasteiger partial charge on any atom is 0.170 e. The van der Waals surface area contributed by atoms with Gasteiger partial charge in [-0.2, -0.15) is 0 Å². The van der Waals surface area contributed by atoms with Gasteiger partial charge in [-0.05, 0) is 74.8 Å². The van der Waals surface area contributed by atoms with Crippen molar-refractivity contribution in [2.45, 2.75) is 44.8 Å². The van der Waals surface area contributed by atoms with Gasteiger partial charge in [0.05, 0.1) is 23.3 Å². The first-order valence-corrected chi connectivity index (χ1v) is 11.4. The molecule has 0 saturated carbocycles. The minimum Gasteiger partial charge on any atom is -0.396 e. The number of likely N-dealkylation sites (N-methyl/N-ethyl adjacent to an activating group) is 1. The summed E-state index contributed by atoms with van der Waals surface area (Å²) in [6, 6.07) is 9.95. The summed E-state index contributed by atoms with van der Waals surface area (Å²) < 4.78 is 0. The van der Waals surface area contributed by atoms with Gasteiger partial charge in [-0.3, -0.25) is 4.98 Å². The van der Waals surface area contributed by atoms with E-state index >= 15 is 0 Å². The molecule has 2 atom stereocenters. The van der Waals surface area contributed by atoms with Gasteiger partial charge in [0.15, 0.2) is 5.11 Å². The largest absolute Gasteiger partial charge is 0.396 e. The minimum absolute atomic E-state index is 0.0813. The predicted molar refractivity (Wildman–Crippen MR) is 131 cm³/mol. The van der Waals surface area contributed by atoms with Gasteiger partial charge in [0, 0.05) is 42.7 Å². The summed E-state index contributed by atoms with van der Waals surface area (Å²) in [6.07, 6.45) is 4.72. The van der Waals surface area contributed by atoms with Crippen molar-refractivity contribution in [3.63, 3.8) is 0 Å². The molecule has 1 aromatic heterocycles. The molecule has 164 valence electrons. The third-order valence-corrected chi connectivity index (χ3v) is 7.09. The van der Waals surface area contributed by atoms with Crippen LogP contribution >= 0.6 is 23.8 Å². The topological polar surface area (TPSA) is 51.6 Å². The van der Waals surface area contributed by atoms with E-state index in [0.29, 0.717) is 23.1 Å². The number of halogens is 1. The molecule has 2 aliphatic heterocycles. The van der Waals surface area contributed by atoms with E-state index in [1.807, 2.05) is 18.2 Å². The van der Waals surface area contributed by atoms with Gasteiger partial charge in [0.25, 0.3) is 0 Å². The van der Waals surface area contributed by atoms with Crippen LogP contribution < -0.4 is 10.2 Å². The molecule has 2 aromatic rings. The molecule has 0 bridgehead atoms. The van der Waals surface area contributed by atoms with Crippen LogP contribution in [-0.2, 0) is 0 Å². The van der Waals surface area contributed by atoms with Crippen LogP contribution in [0.25, 0.3) is 5.57 Å². The monoisotopic (exact) mass is 456 g/mol. The lowest BCUT2D eigenvalue weighted by Gasteiger charge is -2.41. The molecule has 1 aromatic carbocycles. The van der Waals surface area contributed by atoms with Gasteiger partial charge in [0.2, 0.25) is 0 Å². The van der Waals surface area contributed by atoms with E-state index in [1.54, 1.807) is 6.20 Å². The molecular formula is C24H29ClN4OS. The molecule has 31 heavy (non-hydrogen) atoms. The normalized spacial score (nSPS) is 22.3. The molecule has 7 heteroatoms. The van der Waals surface area contributed by atoms with E-state index in [1.165, 1.54) is 11.1 Å². The van der Waals surface area contributed by atoms with Crippen molar-refractivity contribution in [2.75, 3.05) is 25.1 Å². The fourth-order valence-electron chi connectivity index (χ4n) is 4.64.